The second-order valence-corrected chi connectivity index (χ2v) is 9.01. The second kappa shape index (κ2) is 10.7. The van der Waals surface area contributed by atoms with Crippen molar-refractivity contribution in [2.24, 2.45) is 5.73 Å². The van der Waals surface area contributed by atoms with E-state index in [1.807, 2.05) is 48.5 Å². The van der Waals surface area contributed by atoms with E-state index in [0.29, 0.717) is 22.8 Å². The highest BCUT2D eigenvalue weighted by atomic mass is 35.5. The van der Waals surface area contributed by atoms with Crippen LogP contribution in [0.15, 0.2) is 71.9 Å². The zero-order chi connectivity index (χ0) is 24.1. The third-order valence-electron chi connectivity index (χ3n) is 5.37. The van der Waals surface area contributed by atoms with Crippen LogP contribution in [0.3, 0.4) is 0 Å². The Balaban J connectivity index is 1.61. The van der Waals surface area contributed by atoms with Crippen molar-refractivity contribution < 1.29 is 14.3 Å². The minimum atomic E-state index is -0.460. The highest BCUT2D eigenvalue weighted by Gasteiger charge is 2.16. The molecule has 0 aliphatic rings. The number of aromatic amines is 1. The first-order valence-corrected chi connectivity index (χ1v) is 11.9. The number of hydrogen-bond acceptors (Lipinski definition) is 5. The minimum Gasteiger partial charge on any atom is -0.497 e. The van der Waals surface area contributed by atoms with E-state index in [4.69, 9.17) is 31.8 Å². The second-order valence-electron chi connectivity index (χ2n) is 7.49. The number of carbonyl (C=O) groups is 1. The Morgan fingerprint density at radius 1 is 0.971 bits per heavy atom. The number of thioether (sulfide) groups is 1. The summed E-state index contributed by atoms with van der Waals surface area (Å²) in [6, 6.07) is 20.8. The van der Waals surface area contributed by atoms with Gasteiger partial charge in [0.15, 0.2) is 5.16 Å². The first kappa shape index (κ1) is 23.7. The van der Waals surface area contributed by atoms with E-state index in [1.54, 1.807) is 44.2 Å². The molecule has 1 heterocycles. The minimum absolute atomic E-state index is 0.460. The smallest absolute Gasteiger partial charge is 0.248 e. The van der Waals surface area contributed by atoms with Gasteiger partial charge in [-0.1, -0.05) is 23.4 Å². The Morgan fingerprint density at radius 3 is 2.18 bits per heavy atom. The quantitative estimate of drug-likeness (QED) is 0.285. The molecule has 8 heteroatoms. The molecule has 0 bridgehead atoms. The molecule has 4 rings (SSSR count). The van der Waals surface area contributed by atoms with Crippen LogP contribution in [0.2, 0.25) is 5.02 Å². The van der Waals surface area contributed by atoms with E-state index in [1.165, 1.54) is 0 Å². The molecule has 0 fully saturated rings. The van der Waals surface area contributed by atoms with Gasteiger partial charge in [0.25, 0.3) is 0 Å². The van der Waals surface area contributed by atoms with Crippen LogP contribution in [-0.4, -0.2) is 35.8 Å². The number of imidazole rings is 1. The number of carbonyl (C=O) groups excluding carboxylic acids is 1. The predicted molar refractivity (Wildman–Crippen MR) is 137 cm³/mol. The topological polar surface area (TPSA) is 90.2 Å². The van der Waals surface area contributed by atoms with Crippen molar-refractivity contribution in [3.8, 4) is 34.0 Å². The van der Waals surface area contributed by atoms with Gasteiger partial charge in [-0.25, -0.2) is 4.98 Å². The van der Waals surface area contributed by atoms with Gasteiger partial charge in [-0.15, -0.1) is 0 Å². The Hall–Kier alpha value is -3.42. The fraction of sp³-hybridized carbons (Fsp3) is 0.154. The summed E-state index contributed by atoms with van der Waals surface area (Å²) >= 11 is 7.70. The summed E-state index contributed by atoms with van der Waals surface area (Å²) in [6.07, 6.45) is 0.625. The summed E-state index contributed by atoms with van der Waals surface area (Å²) in [6.45, 7) is 0. The molecule has 0 spiro atoms. The number of nitrogens with two attached hydrogens (primary N) is 1. The average Bonchev–Trinajstić information content (AvgIpc) is 3.28. The number of amides is 1. The highest BCUT2D eigenvalue weighted by Crippen LogP contribution is 2.34. The lowest BCUT2D eigenvalue weighted by molar-refractivity contribution is 0.0999. The molecule has 6 nitrogen and oxygen atoms in total. The Kier molecular flexibility index (Phi) is 7.45. The molecule has 0 radical (unpaired) electrons. The number of nitrogens with one attached hydrogen (secondary N) is 1. The van der Waals surface area contributed by atoms with E-state index >= 15 is 0 Å². The molecule has 34 heavy (non-hydrogen) atoms. The number of hydrogen-bond donors (Lipinski definition) is 2. The van der Waals surface area contributed by atoms with Gasteiger partial charge in [0.2, 0.25) is 5.91 Å². The zero-order valence-electron chi connectivity index (χ0n) is 18.8. The highest BCUT2D eigenvalue weighted by molar-refractivity contribution is 7.99. The maximum Gasteiger partial charge on any atom is 0.248 e. The van der Waals surface area contributed by atoms with Crippen LogP contribution in [0.25, 0.3) is 22.5 Å². The predicted octanol–water partition coefficient (Wildman–Crippen LogP) is 5.85. The summed E-state index contributed by atoms with van der Waals surface area (Å²) in [5.74, 6) is 1.80. The molecule has 0 aliphatic heterocycles. The lowest BCUT2D eigenvalue weighted by Crippen LogP contribution is -2.14. The molecule has 174 valence electrons. The van der Waals surface area contributed by atoms with Crippen LogP contribution in [-0.2, 0) is 6.42 Å². The number of ether oxygens (including phenoxy) is 2. The Labute approximate surface area is 207 Å². The standard InChI is InChI=1S/C26H24ClN3O3S/c1-32-20-8-3-16(4-9-20)23-24(17-5-10-21(33-2)11-6-17)30-26(29-23)34-14-13-18-15-19(27)7-12-22(18)25(28)31/h3-12,15H,13-14H2,1-2H3,(H2,28,31)(H,29,30). The number of benzene rings is 3. The molecule has 0 saturated carbocycles. The molecule has 0 unspecified atom stereocenters. The van der Waals surface area contributed by atoms with Gasteiger partial charge in [0, 0.05) is 27.5 Å². The first-order valence-electron chi connectivity index (χ1n) is 10.6. The number of halogens is 1. The van der Waals surface area contributed by atoms with Crippen molar-refractivity contribution >= 4 is 29.3 Å². The van der Waals surface area contributed by atoms with Crippen LogP contribution in [0, 0.1) is 0 Å². The molecule has 4 aromatic rings. The van der Waals surface area contributed by atoms with Gasteiger partial charge in [-0.3, -0.25) is 4.79 Å². The van der Waals surface area contributed by atoms with Crippen molar-refractivity contribution in [2.75, 3.05) is 20.0 Å². The van der Waals surface area contributed by atoms with E-state index in [2.05, 4.69) is 4.98 Å². The van der Waals surface area contributed by atoms with Crippen molar-refractivity contribution in [1.82, 2.24) is 9.97 Å². The number of aryl methyl sites for hydroxylation is 1. The number of aromatic nitrogens is 2. The van der Waals surface area contributed by atoms with Crippen molar-refractivity contribution in [2.45, 2.75) is 11.6 Å². The number of H-pyrrole nitrogens is 1. The van der Waals surface area contributed by atoms with Crippen LogP contribution in [0.4, 0.5) is 0 Å². The van der Waals surface area contributed by atoms with Crippen LogP contribution < -0.4 is 15.2 Å². The molecule has 0 atom stereocenters. The van der Waals surface area contributed by atoms with E-state index in [9.17, 15) is 4.79 Å². The number of methoxy groups -OCH3 is 2. The summed E-state index contributed by atoms with van der Waals surface area (Å²) in [5, 5.41) is 1.35. The number of primary amides is 1. The number of rotatable bonds is 9. The van der Waals surface area contributed by atoms with Crippen molar-refractivity contribution in [3.63, 3.8) is 0 Å². The van der Waals surface area contributed by atoms with Crippen molar-refractivity contribution in [3.05, 3.63) is 82.9 Å². The summed E-state index contributed by atoms with van der Waals surface area (Å²) in [5.41, 5.74) is 10.6. The van der Waals surface area contributed by atoms with E-state index < -0.39 is 5.91 Å². The normalized spacial score (nSPS) is 10.8. The Bertz CT molecular complexity index is 1220. The first-order chi connectivity index (χ1) is 16.5. The maximum atomic E-state index is 11.8. The largest absolute Gasteiger partial charge is 0.497 e. The zero-order valence-corrected chi connectivity index (χ0v) is 20.4. The third kappa shape index (κ3) is 5.38. The monoisotopic (exact) mass is 493 g/mol. The van der Waals surface area contributed by atoms with Gasteiger partial charge in [0.1, 0.15) is 11.5 Å². The fourth-order valence-electron chi connectivity index (χ4n) is 3.61. The number of nitrogens with zero attached hydrogens (tertiary/aromatic N) is 1. The fourth-order valence-corrected chi connectivity index (χ4v) is 4.65. The van der Waals surface area contributed by atoms with Gasteiger partial charge in [-0.2, -0.15) is 0 Å². The summed E-state index contributed by atoms with van der Waals surface area (Å²) in [7, 11) is 3.29. The Morgan fingerprint density at radius 2 is 1.59 bits per heavy atom. The van der Waals surface area contributed by atoms with Crippen LogP contribution in [0.5, 0.6) is 11.5 Å². The van der Waals surface area contributed by atoms with Gasteiger partial charge in [0.05, 0.1) is 25.6 Å². The van der Waals surface area contributed by atoms with Crippen LogP contribution in [0.1, 0.15) is 15.9 Å². The van der Waals surface area contributed by atoms with Crippen LogP contribution >= 0.6 is 23.4 Å². The SMILES string of the molecule is COc1ccc(-c2nc(SCCc3cc(Cl)ccc3C(N)=O)[nH]c2-c2ccc(OC)cc2)cc1. The van der Waals surface area contributed by atoms with Crippen molar-refractivity contribution in [1.29, 1.82) is 0 Å². The summed E-state index contributed by atoms with van der Waals surface area (Å²) < 4.78 is 10.6. The van der Waals surface area contributed by atoms with E-state index in [-0.39, 0.29) is 0 Å². The summed E-state index contributed by atoms with van der Waals surface area (Å²) in [4.78, 5) is 20.1. The average molecular weight is 494 g/mol. The molecule has 0 aliphatic carbocycles. The molecule has 3 N–H and O–H groups in total. The third-order valence-corrected chi connectivity index (χ3v) is 6.48. The molecular formula is C26H24ClN3O3S. The van der Waals surface area contributed by atoms with Gasteiger partial charge < -0.3 is 20.2 Å². The molecule has 3 aromatic carbocycles. The van der Waals surface area contributed by atoms with Gasteiger partial charge in [-0.05, 0) is 78.7 Å². The molecular weight excluding hydrogens is 470 g/mol. The van der Waals surface area contributed by atoms with E-state index in [0.717, 1.165) is 44.7 Å². The molecule has 0 saturated heterocycles. The van der Waals surface area contributed by atoms with Gasteiger partial charge >= 0.3 is 0 Å². The maximum absolute atomic E-state index is 11.8. The molecule has 1 aromatic heterocycles. The lowest BCUT2D eigenvalue weighted by Gasteiger charge is -2.06. The molecule has 1 amide bonds. The lowest BCUT2D eigenvalue weighted by atomic mass is 10.0.